The van der Waals surface area contributed by atoms with Gasteiger partial charge in [-0.05, 0) is 32.2 Å². The summed E-state index contributed by atoms with van der Waals surface area (Å²) in [6, 6.07) is 0.0312. The van der Waals surface area contributed by atoms with E-state index in [0.717, 1.165) is 43.6 Å². The fourth-order valence-corrected chi connectivity index (χ4v) is 5.79. The number of oxime groups is 1. The van der Waals surface area contributed by atoms with Gasteiger partial charge in [0, 0.05) is 24.7 Å². The summed E-state index contributed by atoms with van der Waals surface area (Å²) in [7, 11) is 0. The number of nitrogens with zero attached hydrogens (tertiary/aromatic N) is 3. The third-order valence-corrected chi connectivity index (χ3v) is 7.15. The van der Waals surface area contributed by atoms with Crippen LogP contribution in [0.1, 0.15) is 39.0 Å². The van der Waals surface area contributed by atoms with E-state index in [0.29, 0.717) is 29.2 Å². The number of quaternary nitrogens is 1. The van der Waals surface area contributed by atoms with Crippen LogP contribution in [0.3, 0.4) is 0 Å². The molecule has 2 atom stereocenters. The van der Waals surface area contributed by atoms with Gasteiger partial charge in [0.25, 0.3) is 0 Å². The van der Waals surface area contributed by atoms with Crippen LogP contribution in [0.4, 0.5) is 0 Å². The minimum absolute atomic E-state index is 0.0312. The summed E-state index contributed by atoms with van der Waals surface area (Å²) >= 11 is 1.20. The Morgan fingerprint density at radius 2 is 2.20 bits per heavy atom. The fourth-order valence-electron chi connectivity index (χ4n) is 4.76. The maximum Gasteiger partial charge on any atom is 0.219 e. The van der Waals surface area contributed by atoms with E-state index in [-0.39, 0.29) is 11.6 Å². The van der Waals surface area contributed by atoms with Gasteiger partial charge >= 0.3 is 0 Å². The molecule has 0 bridgehead atoms. The van der Waals surface area contributed by atoms with E-state index in [9.17, 15) is 10.2 Å². The third kappa shape index (κ3) is 2.84. The summed E-state index contributed by atoms with van der Waals surface area (Å²) in [6.07, 6.45) is 7.76. The van der Waals surface area contributed by atoms with Crippen molar-refractivity contribution < 1.29 is 19.6 Å². The van der Waals surface area contributed by atoms with Crippen LogP contribution >= 0.6 is 11.8 Å². The van der Waals surface area contributed by atoms with Crippen molar-refractivity contribution >= 4 is 23.7 Å². The lowest BCUT2D eigenvalue weighted by atomic mass is 9.68. The van der Waals surface area contributed by atoms with Crippen molar-refractivity contribution in [1.82, 2.24) is 0 Å². The summed E-state index contributed by atoms with van der Waals surface area (Å²) in [5, 5.41) is 27.7. The minimum Gasteiger partial charge on any atom is -0.388 e. The molecule has 1 aliphatic carbocycles. The summed E-state index contributed by atoms with van der Waals surface area (Å²) in [5.74, 6) is 1.25. The summed E-state index contributed by atoms with van der Waals surface area (Å²) in [6.45, 7) is 3.55. The Balaban J connectivity index is 1.54. The maximum absolute atomic E-state index is 10.1. The zero-order valence-electron chi connectivity index (χ0n) is 14.6. The Morgan fingerprint density at radius 3 is 2.88 bits per heavy atom. The van der Waals surface area contributed by atoms with Crippen LogP contribution in [0.25, 0.3) is 0 Å². The van der Waals surface area contributed by atoms with Gasteiger partial charge in [0.05, 0.1) is 12.6 Å². The molecule has 4 rings (SSSR count). The molecule has 8 heteroatoms. The first-order chi connectivity index (χ1) is 11.9. The Morgan fingerprint density at radius 1 is 1.40 bits per heavy atom. The lowest BCUT2D eigenvalue weighted by Gasteiger charge is -2.43. The molecule has 4 aliphatic rings. The number of allylic oxidation sites excluding steroid dienone is 2. The SMILES string of the molecule is CC[N+]1(C2CCSC(O)(O)C2)N=CC=C1C1=NOC2(C1)CC(CN)C2. The summed E-state index contributed by atoms with van der Waals surface area (Å²) in [4.78, 5) is 5.82. The van der Waals surface area contributed by atoms with Crippen molar-refractivity contribution in [2.24, 2.45) is 21.9 Å². The Labute approximate surface area is 152 Å². The highest BCUT2D eigenvalue weighted by molar-refractivity contribution is 8.00. The van der Waals surface area contributed by atoms with Gasteiger partial charge in [-0.1, -0.05) is 22.0 Å². The molecule has 0 aromatic heterocycles. The fraction of sp³-hybridized carbons (Fsp3) is 0.765. The van der Waals surface area contributed by atoms with Gasteiger partial charge in [-0.25, -0.2) is 0 Å². The van der Waals surface area contributed by atoms with Crippen LogP contribution in [-0.4, -0.2) is 62.3 Å². The zero-order valence-corrected chi connectivity index (χ0v) is 15.4. The molecule has 1 saturated carbocycles. The first-order valence-electron chi connectivity index (χ1n) is 9.10. The maximum atomic E-state index is 10.1. The van der Waals surface area contributed by atoms with Gasteiger partial charge in [0.1, 0.15) is 23.9 Å². The lowest BCUT2D eigenvalue weighted by molar-refractivity contribution is -0.915. The molecule has 0 amide bonds. The Hall–Kier alpha value is -0.930. The number of aliphatic hydroxyl groups is 2. The monoisotopic (exact) mass is 367 g/mol. The molecular formula is C17H27N4O3S+. The molecule has 3 aliphatic heterocycles. The van der Waals surface area contributed by atoms with Crippen molar-refractivity contribution in [2.45, 2.75) is 55.8 Å². The van der Waals surface area contributed by atoms with Crippen LogP contribution in [-0.2, 0) is 4.84 Å². The molecule has 4 N–H and O–H groups in total. The molecule has 0 radical (unpaired) electrons. The number of thioether (sulfide) groups is 1. The predicted octanol–water partition coefficient (Wildman–Crippen LogP) is 1.12. The number of nitrogens with two attached hydrogens (primary N) is 1. The molecular weight excluding hydrogens is 340 g/mol. The number of hydrogen-bond donors (Lipinski definition) is 3. The van der Waals surface area contributed by atoms with E-state index >= 15 is 0 Å². The minimum atomic E-state index is -1.68. The highest BCUT2D eigenvalue weighted by Crippen LogP contribution is 2.49. The van der Waals surface area contributed by atoms with Crippen LogP contribution < -0.4 is 5.73 Å². The first-order valence-corrected chi connectivity index (χ1v) is 10.1. The van der Waals surface area contributed by atoms with Gasteiger partial charge < -0.3 is 20.8 Å². The van der Waals surface area contributed by atoms with Crippen molar-refractivity contribution in [2.75, 3.05) is 18.8 Å². The quantitative estimate of drug-likeness (QED) is 0.511. The van der Waals surface area contributed by atoms with Crippen molar-refractivity contribution in [3.8, 4) is 0 Å². The zero-order chi connectivity index (χ0) is 17.7. The molecule has 2 unspecified atom stereocenters. The second-order valence-electron chi connectivity index (χ2n) is 7.70. The topological polar surface area (TPSA) is 100 Å². The van der Waals surface area contributed by atoms with Crippen molar-refractivity contribution in [3.05, 3.63) is 11.8 Å². The first kappa shape index (κ1) is 17.5. The van der Waals surface area contributed by atoms with Gasteiger partial charge in [0.2, 0.25) is 5.12 Å². The average Bonchev–Trinajstić information content (AvgIpc) is 3.17. The lowest BCUT2D eigenvalue weighted by Crippen LogP contribution is -2.55. The van der Waals surface area contributed by atoms with Gasteiger partial charge in [-0.3, -0.25) is 0 Å². The highest BCUT2D eigenvalue weighted by atomic mass is 32.2. The van der Waals surface area contributed by atoms with Crippen LogP contribution in [0, 0.1) is 5.92 Å². The summed E-state index contributed by atoms with van der Waals surface area (Å²) in [5.41, 5.74) is 7.58. The summed E-state index contributed by atoms with van der Waals surface area (Å²) < 4.78 is 0.391. The predicted molar refractivity (Wildman–Crippen MR) is 97.7 cm³/mol. The van der Waals surface area contributed by atoms with Gasteiger partial charge in [0.15, 0.2) is 5.70 Å². The molecule has 1 saturated heterocycles. The van der Waals surface area contributed by atoms with E-state index in [4.69, 9.17) is 15.7 Å². The van der Waals surface area contributed by atoms with Crippen molar-refractivity contribution in [1.29, 1.82) is 0 Å². The van der Waals surface area contributed by atoms with E-state index in [2.05, 4.69) is 12.1 Å². The van der Waals surface area contributed by atoms with E-state index in [1.165, 1.54) is 11.8 Å². The second kappa shape index (κ2) is 6.06. The molecule has 7 nitrogen and oxygen atoms in total. The van der Waals surface area contributed by atoms with E-state index in [1.54, 1.807) is 0 Å². The van der Waals surface area contributed by atoms with Crippen molar-refractivity contribution in [3.63, 3.8) is 0 Å². The smallest absolute Gasteiger partial charge is 0.219 e. The molecule has 2 fully saturated rings. The normalized spacial score (nSPS) is 42.1. The van der Waals surface area contributed by atoms with Crippen LogP contribution in [0.5, 0.6) is 0 Å². The molecule has 3 heterocycles. The molecule has 138 valence electrons. The van der Waals surface area contributed by atoms with Crippen LogP contribution in [0.15, 0.2) is 22.0 Å². The Bertz CT molecular complexity index is 642. The molecule has 1 spiro atoms. The standard InChI is InChI=1S/C17H27N4O3S/c1-2-21(13-4-6-25-17(22,23)9-13)15(3-5-19-21)14-10-16(24-20-14)7-12(8-16)11-18/h3,5,12-13,22-23H,2,4,6-11,18H2,1H3/q+1. The third-order valence-electron chi connectivity index (χ3n) is 6.08. The van der Waals surface area contributed by atoms with Crippen LogP contribution in [0.2, 0.25) is 0 Å². The highest BCUT2D eigenvalue weighted by Gasteiger charge is 2.55. The second-order valence-corrected chi connectivity index (χ2v) is 9.05. The largest absolute Gasteiger partial charge is 0.388 e. The molecule has 0 aromatic rings. The van der Waals surface area contributed by atoms with E-state index < -0.39 is 5.12 Å². The number of rotatable bonds is 4. The van der Waals surface area contributed by atoms with Gasteiger partial charge in [-0.15, -0.1) is 0 Å². The molecule has 0 aromatic carbocycles. The molecule has 25 heavy (non-hydrogen) atoms. The number of hydrogen-bond acceptors (Lipinski definition) is 7. The van der Waals surface area contributed by atoms with E-state index in [1.807, 2.05) is 12.3 Å². The average molecular weight is 367 g/mol. The Kier molecular flexibility index (Phi) is 4.24. The van der Waals surface area contributed by atoms with Gasteiger partial charge in [-0.2, -0.15) is 4.59 Å².